The van der Waals surface area contributed by atoms with Crippen LogP contribution >= 0.6 is 15.9 Å². The molecule has 1 aromatic rings. The highest BCUT2D eigenvalue weighted by Gasteiger charge is 2.04. The molecule has 94 valence electrons. The third kappa shape index (κ3) is 4.89. The SMILES string of the molecule is C=CS(=O)(=O)NCCCc1cc(Br)ccc1O. The third-order valence-electron chi connectivity index (χ3n) is 2.19. The average molecular weight is 320 g/mol. The highest BCUT2D eigenvalue weighted by Crippen LogP contribution is 2.22. The Kier molecular flexibility index (Phi) is 5.17. The zero-order chi connectivity index (χ0) is 12.9. The largest absolute Gasteiger partial charge is 0.508 e. The highest BCUT2D eigenvalue weighted by molar-refractivity contribution is 9.10. The second-order valence-electron chi connectivity index (χ2n) is 3.48. The van der Waals surface area contributed by atoms with E-state index in [0.717, 1.165) is 15.4 Å². The lowest BCUT2D eigenvalue weighted by molar-refractivity contribution is 0.467. The zero-order valence-corrected chi connectivity index (χ0v) is 11.6. The van der Waals surface area contributed by atoms with Gasteiger partial charge in [-0.05, 0) is 36.6 Å². The van der Waals surface area contributed by atoms with E-state index in [9.17, 15) is 13.5 Å². The van der Waals surface area contributed by atoms with Crippen LogP contribution in [0, 0.1) is 0 Å². The van der Waals surface area contributed by atoms with E-state index in [1.807, 2.05) is 6.07 Å². The molecule has 0 aromatic heterocycles. The van der Waals surface area contributed by atoms with Gasteiger partial charge in [-0.25, -0.2) is 13.1 Å². The van der Waals surface area contributed by atoms with Gasteiger partial charge in [-0.1, -0.05) is 22.5 Å². The number of halogens is 1. The van der Waals surface area contributed by atoms with Crippen molar-refractivity contribution in [3.63, 3.8) is 0 Å². The summed E-state index contributed by atoms with van der Waals surface area (Å²) < 4.78 is 25.4. The Balaban J connectivity index is 2.46. The first-order valence-corrected chi connectivity index (χ1v) is 7.38. The molecule has 6 heteroatoms. The molecular weight excluding hydrogens is 306 g/mol. The first-order chi connectivity index (χ1) is 7.94. The maximum Gasteiger partial charge on any atom is 0.233 e. The Morgan fingerprint density at radius 1 is 1.47 bits per heavy atom. The van der Waals surface area contributed by atoms with Crippen molar-refractivity contribution < 1.29 is 13.5 Å². The molecule has 4 nitrogen and oxygen atoms in total. The molecule has 0 saturated heterocycles. The maximum absolute atomic E-state index is 11.0. The van der Waals surface area contributed by atoms with Gasteiger partial charge in [-0.2, -0.15) is 0 Å². The number of hydrogen-bond donors (Lipinski definition) is 2. The first-order valence-electron chi connectivity index (χ1n) is 5.04. The Labute approximate surface area is 110 Å². The van der Waals surface area contributed by atoms with Crippen LogP contribution in [0.1, 0.15) is 12.0 Å². The molecule has 0 atom stereocenters. The minimum absolute atomic E-state index is 0.222. The van der Waals surface area contributed by atoms with Crippen molar-refractivity contribution in [3.05, 3.63) is 40.2 Å². The Bertz CT molecular complexity index is 499. The van der Waals surface area contributed by atoms with Crippen molar-refractivity contribution >= 4 is 26.0 Å². The van der Waals surface area contributed by atoms with Crippen LogP contribution in [-0.2, 0) is 16.4 Å². The first kappa shape index (κ1) is 14.2. The van der Waals surface area contributed by atoms with Gasteiger partial charge >= 0.3 is 0 Å². The molecule has 1 aromatic carbocycles. The van der Waals surface area contributed by atoms with Gasteiger partial charge in [-0.15, -0.1) is 0 Å². The van der Waals surface area contributed by atoms with E-state index in [4.69, 9.17) is 0 Å². The lowest BCUT2D eigenvalue weighted by Gasteiger charge is -2.05. The van der Waals surface area contributed by atoms with E-state index in [-0.39, 0.29) is 5.75 Å². The van der Waals surface area contributed by atoms with Gasteiger partial charge in [0.25, 0.3) is 0 Å². The van der Waals surface area contributed by atoms with E-state index >= 15 is 0 Å². The Hall–Kier alpha value is -0.850. The van der Waals surface area contributed by atoms with Crippen molar-refractivity contribution in [2.75, 3.05) is 6.54 Å². The van der Waals surface area contributed by atoms with Crippen LogP contribution in [0.15, 0.2) is 34.7 Å². The summed E-state index contributed by atoms with van der Waals surface area (Å²) in [6, 6.07) is 5.17. The fourth-order valence-electron chi connectivity index (χ4n) is 1.31. The van der Waals surface area contributed by atoms with Gasteiger partial charge in [0.2, 0.25) is 10.0 Å². The van der Waals surface area contributed by atoms with Crippen molar-refractivity contribution in [2.24, 2.45) is 0 Å². The second-order valence-corrected chi connectivity index (χ2v) is 6.11. The number of phenolic OH excluding ortho intramolecular Hbond substituents is 1. The number of nitrogens with one attached hydrogen (secondary N) is 1. The van der Waals surface area contributed by atoms with Crippen molar-refractivity contribution in [1.82, 2.24) is 4.72 Å². The van der Waals surface area contributed by atoms with Crippen LogP contribution in [-0.4, -0.2) is 20.1 Å². The molecule has 0 spiro atoms. The number of hydrogen-bond acceptors (Lipinski definition) is 3. The predicted octanol–water partition coefficient (Wildman–Crippen LogP) is 2.15. The number of benzene rings is 1. The van der Waals surface area contributed by atoms with E-state index < -0.39 is 10.0 Å². The Morgan fingerprint density at radius 2 is 2.18 bits per heavy atom. The average Bonchev–Trinajstić information content (AvgIpc) is 2.29. The molecular formula is C11H14BrNO3S. The Morgan fingerprint density at radius 3 is 2.82 bits per heavy atom. The van der Waals surface area contributed by atoms with Crippen LogP contribution in [0.4, 0.5) is 0 Å². The summed E-state index contributed by atoms with van der Waals surface area (Å²) in [5.74, 6) is 0.222. The molecule has 0 heterocycles. The normalized spacial score (nSPS) is 11.4. The standard InChI is InChI=1S/C11H14BrNO3S/c1-2-17(15,16)13-7-3-4-9-8-10(12)5-6-11(9)14/h2,5-6,8,13-14H,1,3-4,7H2. The molecule has 0 bridgehead atoms. The summed E-state index contributed by atoms with van der Waals surface area (Å²) in [6.07, 6.45) is 1.21. The second kappa shape index (κ2) is 6.18. The fraction of sp³-hybridized carbons (Fsp3) is 0.273. The van der Waals surface area contributed by atoms with E-state index in [0.29, 0.717) is 19.4 Å². The number of phenols is 1. The summed E-state index contributed by atoms with van der Waals surface area (Å²) in [6.45, 7) is 3.52. The van der Waals surface area contributed by atoms with Gasteiger partial charge in [0.05, 0.1) is 0 Å². The van der Waals surface area contributed by atoms with E-state index in [1.165, 1.54) is 0 Å². The van der Waals surface area contributed by atoms with Crippen LogP contribution in [0.3, 0.4) is 0 Å². The van der Waals surface area contributed by atoms with Gasteiger partial charge < -0.3 is 5.11 Å². The summed E-state index contributed by atoms with van der Waals surface area (Å²) in [5.41, 5.74) is 0.789. The number of aryl methyl sites for hydroxylation is 1. The van der Waals surface area contributed by atoms with E-state index in [2.05, 4.69) is 27.2 Å². The molecule has 17 heavy (non-hydrogen) atoms. The topological polar surface area (TPSA) is 66.4 Å². The fourth-order valence-corrected chi connectivity index (χ4v) is 2.26. The van der Waals surface area contributed by atoms with Crippen LogP contribution in [0.25, 0.3) is 0 Å². The molecule has 0 unspecified atom stereocenters. The quantitative estimate of drug-likeness (QED) is 0.789. The van der Waals surface area contributed by atoms with Crippen LogP contribution < -0.4 is 4.72 Å². The molecule has 0 fully saturated rings. The van der Waals surface area contributed by atoms with Crippen LogP contribution in [0.2, 0.25) is 0 Å². The third-order valence-corrected chi connectivity index (χ3v) is 3.73. The zero-order valence-electron chi connectivity index (χ0n) is 9.19. The van der Waals surface area contributed by atoms with Gasteiger partial charge in [0.1, 0.15) is 5.75 Å². The molecule has 1 rings (SSSR count). The maximum atomic E-state index is 11.0. The van der Waals surface area contributed by atoms with Gasteiger partial charge in [0.15, 0.2) is 0 Å². The lowest BCUT2D eigenvalue weighted by Crippen LogP contribution is -2.22. The smallest absolute Gasteiger partial charge is 0.233 e. The van der Waals surface area contributed by atoms with E-state index in [1.54, 1.807) is 12.1 Å². The summed E-state index contributed by atoms with van der Waals surface area (Å²) >= 11 is 3.31. The monoisotopic (exact) mass is 319 g/mol. The van der Waals surface area contributed by atoms with Crippen molar-refractivity contribution in [3.8, 4) is 5.75 Å². The molecule has 0 radical (unpaired) electrons. The highest BCUT2D eigenvalue weighted by atomic mass is 79.9. The lowest BCUT2D eigenvalue weighted by atomic mass is 10.1. The molecule has 2 N–H and O–H groups in total. The van der Waals surface area contributed by atoms with Gasteiger partial charge in [-0.3, -0.25) is 0 Å². The summed E-state index contributed by atoms with van der Waals surface area (Å²) in [4.78, 5) is 0. The number of sulfonamides is 1. The minimum Gasteiger partial charge on any atom is -0.508 e. The summed E-state index contributed by atoms with van der Waals surface area (Å²) in [5, 5.41) is 10.4. The van der Waals surface area contributed by atoms with Crippen molar-refractivity contribution in [1.29, 1.82) is 0 Å². The molecule has 0 aliphatic rings. The molecule has 0 amide bonds. The number of aromatic hydroxyl groups is 1. The molecule has 0 saturated carbocycles. The summed E-state index contributed by atoms with van der Waals surface area (Å²) in [7, 11) is -3.35. The molecule has 0 aliphatic heterocycles. The molecule has 0 aliphatic carbocycles. The minimum atomic E-state index is -3.35. The van der Waals surface area contributed by atoms with Crippen LogP contribution in [0.5, 0.6) is 5.75 Å². The number of rotatable bonds is 6. The van der Waals surface area contributed by atoms with Gasteiger partial charge in [0, 0.05) is 16.4 Å². The predicted molar refractivity (Wildman–Crippen MR) is 71.2 cm³/mol. The van der Waals surface area contributed by atoms with Crippen molar-refractivity contribution in [2.45, 2.75) is 12.8 Å².